The largest absolute Gasteiger partial charge is 0.373 e. The first kappa shape index (κ1) is 12.0. The lowest BCUT2D eigenvalue weighted by molar-refractivity contribution is 0.315. The molecule has 2 atom stereocenters. The van der Waals surface area contributed by atoms with Gasteiger partial charge in [-0.2, -0.15) is 0 Å². The lowest BCUT2D eigenvalue weighted by Gasteiger charge is -2.31. The van der Waals surface area contributed by atoms with Gasteiger partial charge in [0.15, 0.2) is 0 Å². The Balaban J connectivity index is 1.99. The third-order valence-corrected chi connectivity index (χ3v) is 5.26. The number of rotatable bonds is 0. The Morgan fingerprint density at radius 2 is 2.15 bits per heavy atom. The molecule has 102 valence electrons. The molecule has 0 aromatic heterocycles. The molecule has 0 radical (unpaired) electrons. The molecule has 1 heteroatoms. The molecule has 0 spiro atoms. The highest BCUT2D eigenvalue weighted by Crippen LogP contribution is 2.55. The van der Waals surface area contributed by atoms with Crippen LogP contribution < -0.4 is 0 Å². The molecule has 1 aromatic rings. The maximum absolute atomic E-state index is 2.43. The van der Waals surface area contributed by atoms with Crippen molar-refractivity contribution in [3.05, 3.63) is 70.5 Å². The molecule has 0 saturated heterocycles. The molecule has 3 aliphatic rings. The predicted octanol–water partition coefficient (Wildman–Crippen LogP) is 4.41. The fraction of sp³-hybridized carbons (Fsp3) is 0.368. The van der Waals surface area contributed by atoms with Crippen LogP contribution in [0.1, 0.15) is 42.5 Å². The summed E-state index contributed by atoms with van der Waals surface area (Å²) < 4.78 is 0. The first-order chi connectivity index (χ1) is 9.59. The minimum atomic E-state index is 0.176. The number of aryl methyl sites for hydroxylation is 1. The van der Waals surface area contributed by atoms with Gasteiger partial charge in [0.1, 0.15) is 0 Å². The van der Waals surface area contributed by atoms with Crippen LogP contribution >= 0.6 is 0 Å². The van der Waals surface area contributed by atoms with E-state index in [-0.39, 0.29) is 5.41 Å². The Hall–Kier alpha value is -1.76. The zero-order chi connectivity index (χ0) is 13.9. The highest BCUT2D eigenvalue weighted by molar-refractivity contribution is 5.59. The molecule has 0 amide bonds. The molecule has 1 nitrogen and oxygen atoms in total. The van der Waals surface area contributed by atoms with E-state index in [4.69, 9.17) is 0 Å². The number of benzene rings is 1. The van der Waals surface area contributed by atoms with E-state index in [1.165, 1.54) is 34.3 Å². The molecular formula is C19H21N. The van der Waals surface area contributed by atoms with E-state index < -0.39 is 0 Å². The predicted molar refractivity (Wildman–Crippen MR) is 83.6 cm³/mol. The molecule has 2 unspecified atom stereocenters. The fourth-order valence-corrected chi connectivity index (χ4v) is 4.24. The zero-order valence-corrected chi connectivity index (χ0v) is 12.5. The lowest BCUT2D eigenvalue weighted by atomic mass is 9.72. The van der Waals surface area contributed by atoms with Gasteiger partial charge in [-0.1, -0.05) is 48.9 Å². The van der Waals surface area contributed by atoms with E-state index in [2.05, 4.69) is 68.4 Å². The van der Waals surface area contributed by atoms with Crippen LogP contribution in [0.5, 0.6) is 0 Å². The smallest absolute Gasteiger partial charge is 0.0548 e. The molecule has 0 N–H and O–H groups in total. The van der Waals surface area contributed by atoms with Crippen LogP contribution in [0.3, 0.4) is 0 Å². The minimum absolute atomic E-state index is 0.176. The zero-order valence-electron chi connectivity index (χ0n) is 12.5. The van der Waals surface area contributed by atoms with Crippen LogP contribution in [0.4, 0.5) is 0 Å². The standard InChI is InChI=1S/C19H21N/c1-13-8-9-17-15(10-13)18-11-19(17,2)16-7-5-4-6-14(16)12-20(18)3/h4,6-10,12,18H,5,11H2,1-3H3. The second-order valence-corrected chi connectivity index (χ2v) is 6.65. The minimum Gasteiger partial charge on any atom is -0.373 e. The van der Waals surface area contributed by atoms with Crippen LogP contribution in [-0.4, -0.2) is 11.9 Å². The Bertz CT molecular complexity index is 677. The molecule has 0 saturated carbocycles. The summed E-state index contributed by atoms with van der Waals surface area (Å²) in [6, 6.07) is 7.53. The van der Waals surface area contributed by atoms with E-state index in [0.29, 0.717) is 6.04 Å². The van der Waals surface area contributed by atoms with Gasteiger partial charge in [0, 0.05) is 18.7 Å². The van der Waals surface area contributed by atoms with Gasteiger partial charge < -0.3 is 4.90 Å². The van der Waals surface area contributed by atoms with Gasteiger partial charge in [0.25, 0.3) is 0 Å². The quantitative estimate of drug-likeness (QED) is 0.670. The summed E-state index contributed by atoms with van der Waals surface area (Å²) in [7, 11) is 2.22. The molecule has 1 heterocycles. The van der Waals surface area contributed by atoms with E-state index in [0.717, 1.165) is 6.42 Å². The highest BCUT2D eigenvalue weighted by atomic mass is 15.1. The molecule has 20 heavy (non-hydrogen) atoms. The summed E-state index contributed by atoms with van der Waals surface area (Å²) in [6.07, 6.45) is 11.6. The monoisotopic (exact) mass is 263 g/mol. The number of nitrogens with zero attached hydrogens (tertiary/aromatic N) is 1. The van der Waals surface area contributed by atoms with Crippen molar-refractivity contribution in [2.75, 3.05) is 7.05 Å². The average molecular weight is 263 g/mol. The second kappa shape index (κ2) is 3.88. The van der Waals surface area contributed by atoms with Gasteiger partial charge in [-0.15, -0.1) is 0 Å². The molecule has 1 aromatic carbocycles. The maximum atomic E-state index is 2.43. The van der Waals surface area contributed by atoms with Gasteiger partial charge >= 0.3 is 0 Å². The van der Waals surface area contributed by atoms with Gasteiger partial charge in [0.2, 0.25) is 0 Å². The molecule has 0 fully saturated rings. The number of allylic oxidation sites excluding steroid dienone is 5. The van der Waals surface area contributed by atoms with E-state index in [1.807, 2.05) is 0 Å². The second-order valence-electron chi connectivity index (χ2n) is 6.65. The van der Waals surface area contributed by atoms with E-state index >= 15 is 0 Å². The van der Waals surface area contributed by atoms with Crippen molar-refractivity contribution in [2.45, 2.75) is 38.1 Å². The lowest BCUT2D eigenvalue weighted by Crippen LogP contribution is -2.23. The Morgan fingerprint density at radius 3 is 3.00 bits per heavy atom. The molecule has 1 aliphatic heterocycles. The van der Waals surface area contributed by atoms with Crippen LogP contribution in [0.15, 0.2) is 53.8 Å². The Kier molecular flexibility index (Phi) is 2.33. The van der Waals surface area contributed by atoms with Gasteiger partial charge in [-0.25, -0.2) is 0 Å². The van der Waals surface area contributed by atoms with Crippen LogP contribution in [0, 0.1) is 6.92 Å². The molecular weight excluding hydrogens is 242 g/mol. The van der Waals surface area contributed by atoms with Crippen LogP contribution in [0.2, 0.25) is 0 Å². The van der Waals surface area contributed by atoms with Crippen molar-refractivity contribution in [3.8, 4) is 0 Å². The fourth-order valence-electron chi connectivity index (χ4n) is 4.24. The van der Waals surface area contributed by atoms with Gasteiger partial charge in [0.05, 0.1) is 6.04 Å². The molecule has 2 aliphatic carbocycles. The number of hydrogen-bond donors (Lipinski definition) is 0. The van der Waals surface area contributed by atoms with Gasteiger partial charge in [-0.05, 0) is 42.0 Å². The summed E-state index contributed by atoms with van der Waals surface area (Å²) in [4.78, 5) is 2.41. The highest BCUT2D eigenvalue weighted by Gasteiger charge is 2.46. The van der Waals surface area contributed by atoms with Crippen LogP contribution in [0.25, 0.3) is 0 Å². The average Bonchev–Trinajstić information content (AvgIpc) is 2.67. The summed E-state index contributed by atoms with van der Waals surface area (Å²) >= 11 is 0. The van der Waals surface area contributed by atoms with Crippen molar-refractivity contribution >= 4 is 0 Å². The molecule has 2 bridgehead atoms. The number of fused-ring (bicyclic) bond motifs is 7. The SMILES string of the molecule is Cc1ccc2c(c1)C1CC2(C)C2=CCC=CC2=CN1C. The summed E-state index contributed by atoms with van der Waals surface area (Å²) in [5.74, 6) is 0. The Morgan fingerprint density at radius 1 is 1.30 bits per heavy atom. The first-order valence-electron chi connectivity index (χ1n) is 7.52. The number of hydrogen-bond acceptors (Lipinski definition) is 1. The Labute approximate surface area is 121 Å². The summed E-state index contributed by atoms with van der Waals surface area (Å²) in [5, 5.41) is 0. The third-order valence-electron chi connectivity index (χ3n) is 5.26. The first-order valence-corrected chi connectivity index (χ1v) is 7.52. The van der Waals surface area contributed by atoms with Crippen molar-refractivity contribution in [1.82, 2.24) is 4.90 Å². The van der Waals surface area contributed by atoms with Crippen molar-refractivity contribution in [2.24, 2.45) is 0 Å². The summed E-state index contributed by atoms with van der Waals surface area (Å²) in [6.45, 7) is 4.63. The normalized spacial score (nSPS) is 30.4. The van der Waals surface area contributed by atoms with Crippen LogP contribution in [-0.2, 0) is 5.41 Å². The van der Waals surface area contributed by atoms with E-state index in [9.17, 15) is 0 Å². The van der Waals surface area contributed by atoms with Crippen molar-refractivity contribution in [1.29, 1.82) is 0 Å². The van der Waals surface area contributed by atoms with E-state index in [1.54, 1.807) is 0 Å². The van der Waals surface area contributed by atoms with Crippen molar-refractivity contribution in [3.63, 3.8) is 0 Å². The topological polar surface area (TPSA) is 3.24 Å². The van der Waals surface area contributed by atoms with Gasteiger partial charge in [-0.3, -0.25) is 0 Å². The maximum Gasteiger partial charge on any atom is 0.0548 e. The van der Waals surface area contributed by atoms with Crippen molar-refractivity contribution < 1.29 is 0 Å². The molecule has 4 rings (SSSR count). The third kappa shape index (κ3) is 1.44. The summed E-state index contributed by atoms with van der Waals surface area (Å²) in [5.41, 5.74) is 7.53.